The monoisotopic (exact) mass is 470 g/mol. The van der Waals surface area contributed by atoms with Gasteiger partial charge in [-0.1, -0.05) is 22.9 Å². The number of hydrogen-bond donors (Lipinski definition) is 2. The summed E-state index contributed by atoms with van der Waals surface area (Å²) in [6, 6.07) is 2.52. The van der Waals surface area contributed by atoms with E-state index in [0.717, 1.165) is 56.8 Å². The SMILES string of the molecule is CC1=CC(=NOCC(=O)N2CCCCC2)Cc2cc(O)cc(O)c2C(=O)O[C@H](C)CC=CCC1. The Kier molecular flexibility index (Phi) is 9.13. The lowest BCUT2D eigenvalue weighted by Crippen LogP contribution is -2.37. The lowest BCUT2D eigenvalue weighted by atomic mass is 9.98. The lowest BCUT2D eigenvalue weighted by Gasteiger charge is -2.26. The van der Waals surface area contributed by atoms with E-state index >= 15 is 0 Å². The number of piperidine rings is 1. The molecule has 1 aromatic rings. The molecule has 2 N–H and O–H groups in total. The van der Waals surface area contributed by atoms with Crippen LogP contribution in [0.15, 0.2) is 41.1 Å². The largest absolute Gasteiger partial charge is 0.508 e. The fourth-order valence-electron chi connectivity index (χ4n) is 4.12. The van der Waals surface area contributed by atoms with Crippen LogP contribution >= 0.6 is 0 Å². The maximum atomic E-state index is 12.8. The molecule has 0 aliphatic carbocycles. The van der Waals surface area contributed by atoms with Gasteiger partial charge in [0.1, 0.15) is 23.2 Å². The summed E-state index contributed by atoms with van der Waals surface area (Å²) in [6.07, 6.45) is 10.9. The van der Waals surface area contributed by atoms with E-state index in [2.05, 4.69) is 5.16 Å². The normalized spacial score (nSPS) is 21.3. The second-order valence-electron chi connectivity index (χ2n) is 8.93. The fraction of sp³-hybridized carbons (Fsp3) is 0.500. The van der Waals surface area contributed by atoms with Gasteiger partial charge < -0.3 is 24.7 Å². The predicted molar refractivity (Wildman–Crippen MR) is 129 cm³/mol. The number of carbonyl (C=O) groups excluding carboxylic acids is 2. The van der Waals surface area contributed by atoms with E-state index in [4.69, 9.17) is 9.57 Å². The van der Waals surface area contributed by atoms with Gasteiger partial charge in [0.2, 0.25) is 0 Å². The topological polar surface area (TPSA) is 109 Å². The van der Waals surface area contributed by atoms with Gasteiger partial charge in [-0.15, -0.1) is 0 Å². The molecule has 0 bridgehead atoms. The van der Waals surface area contributed by atoms with Crippen molar-refractivity contribution >= 4 is 17.6 Å². The van der Waals surface area contributed by atoms with Gasteiger partial charge in [-0.25, -0.2) is 4.79 Å². The first-order valence-corrected chi connectivity index (χ1v) is 11.9. The Morgan fingerprint density at radius 2 is 1.97 bits per heavy atom. The fourth-order valence-corrected chi connectivity index (χ4v) is 4.12. The number of benzene rings is 1. The number of cyclic esters (lactones) is 1. The van der Waals surface area contributed by atoms with Crippen LogP contribution in [0.1, 0.15) is 68.3 Å². The van der Waals surface area contributed by atoms with Crippen molar-refractivity contribution in [3.63, 3.8) is 0 Å². The third-order valence-corrected chi connectivity index (χ3v) is 5.90. The standard InChI is InChI=1S/C26H34N2O6/c1-18-9-5-3-6-10-19(2)34-26(32)25-20(15-22(29)16-23(25)30)14-21(13-18)27-33-17-24(31)28-11-7-4-8-12-28/h3,6,13,15-16,19,29-30H,4-5,7-12,14,17H2,1-2H3/t19-/m1/s1. The number of esters is 1. The minimum absolute atomic E-state index is 0.0196. The third kappa shape index (κ3) is 7.37. The maximum absolute atomic E-state index is 12.8. The Morgan fingerprint density at radius 1 is 1.21 bits per heavy atom. The summed E-state index contributed by atoms with van der Waals surface area (Å²) < 4.78 is 5.51. The Bertz CT molecular complexity index is 976. The summed E-state index contributed by atoms with van der Waals surface area (Å²) >= 11 is 0. The zero-order chi connectivity index (χ0) is 24.5. The van der Waals surface area contributed by atoms with Crippen molar-refractivity contribution in [2.45, 2.75) is 64.9 Å². The number of likely N-dealkylation sites (tertiary alicyclic amines) is 1. The zero-order valence-corrected chi connectivity index (χ0v) is 20.0. The highest BCUT2D eigenvalue weighted by atomic mass is 16.6. The van der Waals surface area contributed by atoms with Crippen LogP contribution in [0, 0.1) is 0 Å². The molecule has 1 saturated heterocycles. The zero-order valence-electron chi connectivity index (χ0n) is 20.0. The highest BCUT2D eigenvalue weighted by Crippen LogP contribution is 2.29. The van der Waals surface area contributed by atoms with Crippen molar-refractivity contribution in [1.29, 1.82) is 0 Å². The molecule has 2 aliphatic rings. The van der Waals surface area contributed by atoms with Gasteiger partial charge in [0.05, 0.1) is 5.71 Å². The first kappa shape index (κ1) is 25.3. The minimum atomic E-state index is -0.674. The van der Waals surface area contributed by atoms with Crippen LogP contribution in [0.5, 0.6) is 11.5 Å². The number of carbonyl (C=O) groups is 2. The number of ether oxygens (including phenoxy) is 1. The minimum Gasteiger partial charge on any atom is -0.508 e. The first-order valence-electron chi connectivity index (χ1n) is 11.9. The highest BCUT2D eigenvalue weighted by molar-refractivity contribution is 6.01. The van der Waals surface area contributed by atoms with Gasteiger partial charge >= 0.3 is 5.97 Å². The number of hydrogen-bond acceptors (Lipinski definition) is 7. The average Bonchev–Trinajstić information content (AvgIpc) is 2.78. The van der Waals surface area contributed by atoms with E-state index in [0.29, 0.717) is 17.7 Å². The Balaban J connectivity index is 1.88. The molecule has 0 saturated carbocycles. The summed E-state index contributed by atoms with van der Waals surface area (Å²) in [5.41, 5.74) is 1.86. The Labute approximate surface area is 200 Å². The quantitative estimate of drug-likeness (QED) is 0.388. The highest BCUT2D eigenvalue weighted by Gasteiger charge is 2.23. The number of amides is 1. The van der Waals surface area contributed by atoms with E-state index in [1.807, 2.05) is 25.2 Å². The van der Waals surface area contributed by atoms with Crippen LogP contribution in [0.3, 0.4) is 0 Å². The molecule has 0 unspecified atom stereocenters. The van der Waals surface area contributed by atoms with Gasteiger partial charge in [0.25, 0.3) is 5.91 Å². The van der Waals surface area contributed by atoms with Crippen LogP contribution in [0.2, 0.25) is 0 Å². The molecule has 2 heterocycles. The molecule has 3 rings (SSSR count). The van der Waals surface area contributed by atoms with Crippen molar-refractivity contribution in [2.75, 3.05) is 19.7 Å². The van der Waals surface area contributed by atoms with E-state index in [1.54, 1.807) is 11.8 Å². The van der Waals surface area contributed by atoms with E-state index in [1.165, 1.54) is 6.07 Å². The molecule has 34 heavy (non-hydrogen) atoms. The smallest absolute Gasteiger partial charge is 0.342 e. The molecular formula is C26H34N2O6. The van der Waals surface area contributed by atoms with Crippen LogP contribution in [0.4, 0.5) is 0 Å². The summed E-state index contributed by atoms with van der Waals surface area (Å²) in [5, 5.41) is 24.7. The maximum Gasteiger partial charge on any atom is 0.342 e. The Morgan fingerprint density at radius 3 is 2.74 bits per heavy atom. The lowest BCUT2D eigenvalue weighted by molar-refractivity contribution is -0.137. The van der Waals surface area contributed by atoms with Crippen LogP contribution in [-0.4, -0.2) is 58.5 Å². The summed E-state index contributed by atoms with van der Waals surface area (Å²) in [7, 11) is 0. The number of rotatable bonds is 3. The van der Waals surface area contributed by atoms with Crippen molar-refractivity contribution in [1.82, 2.24) is 4.90 Å². The molecule has 0 radical (unpaired) electrons. The molecule has 2 aliphatic heterocycles. The number of fused-ring (bicyclic) bond motifs is 1. The summed E-state index contributed by atoms with van der Waals surface area (Å²) in [5.74, 6) is -1.32. The molecule has 1 amide bonds. The third-order valence-electron chi connectivity index (χ3n) is 5.90. The number of oxime groups is 1. The molecular weight excluding hydrogens is 436 g/mol. The van der Waals surface area contributed by atoms with Gasteiger partial charge in [0, 0.05) is 32.0 Å². The molecule has 8 nitrogen and oxygen atoms in total. The van der Waals surface area contributed by atoms with Crippen molar-refractivity contribution < 1.29 is 29.4 Å². The number of phenolic OH excluding ortho intramolecular Hbond substituents is 2. The molecule has 1 atom stereocenters. The predicted octanol–water partition coefficient (Wildman–Crippen LogP) is 4.26. The Hall–Kier alpha value is -3.29. The number of aromatic hydroxyl groups is 2. The van der Waals surface area contributed by atoms with Crippen molar-refractivity contribution in [3.05, 3.63) is 47.1 Å². The number of allylic oxidation sites excluding steroid dienone is 3. The molecule has 184 valence electrons. The van der Waals surface area contributed by atoms with E-state index in [9.17, 15) is 19.8 Å². The van der Waals surface area contributed by atoms with Gasteiger partial charge in [0.15, 0.2) is 6.61 Å². The second kappa shape index (κ2) is 12.3. The first-order chi connectivity index (χ1) is 16.3. The summed E-state index contributed by atoms with van der Waals surface area (Å²) in [6.45, 7) is 5.06. The van der Waals surface area contributed by atoms with Crippen molar-refractivity contribution in [3.8, 4) is 11.5 Å². The number of phenols is 2. The summed E-state index contributed by atoms with van der Waals surface area (Å²) in [4.78, 5) is 32.5. The van der Waals surface area contributed by atoms with Gasteiger partial charge in [-0.2, -0.15) is 0 Å². The van der Waals surface area contributed by atoms with E-state index < -0.39 is 5.97 Å². The van der Waals surface area contributed by atoms with Crippen LogP contribution in [-0.2, 0) is 20.8 Å². The molecule has 1 fully saturated rings. The van der Waals surface area contributed by atoms with Gasteiger partial charge in [-0.3, -0.25) is 4.79 Å². The molecule has 1 aromatic carbocycles. The average molecular weight is 471 g/mol. The molecule has 0 spiro atoms. The van der Waals surface area contributed by atoms with Crippen LogP contribution < -0.4 is 0 Å². The molecule has 8 heteroatoms. The number of nitrogens with zero attached hydrogens (tertiary/aromatic N) is 2. The molecule has 0 aromatic heterocycles. The van der Waals surface area contributed by atoms with Crippen molar-refractivity contribution in [2.24, 2.45) is 5.16 Å². The van der Waals surface area contributed by atoms with Crippen LogP contribution in [0.25, 0.3) is 0 Å². The van der Waals surface area contributed by atoms with Gasteiger partial charge in [-0.05, 0) is 63.7 Å². The second-order valence-corrected chi connectivity index (χ2v) is 8.93. The van der Waals surface area contributed by atoms with E-state index in [-0.39, 0.29) is 42.1 Å².